The third-order valence-electron chi connectivity index (χ3n) is 0.200. The fourth-order valence-electron chi connectivity index (χ4n) is 0.0702. The standard InChI is InChI=1S/3K.H2O8S2.2H2O4S/c;;;1-9(2,3)7-8-10(4,5)6;2*1-5(2,3)4/h;;;(H,1,2,3)(H,4,5,6);2*(H2,1,2,3,4)/q3*+1;;;/p-3. The van der Waals surface area contributed by atoms with Gasteiger partial charge in [0.1, 0.15) is 0 Å². The van der Waals surface area contributed by atoms with Crippen LogP contribution in [0.1, 0.15) is 0 Å². The van der Waals surface area contributed by atoms with Crippen molar-refractivity contribution in [1.29, 1.82) is 0 Å². The molecule has 0 aliphatic rings. The molecule has 16 nitrogen and oxygen atoms in total. The normalized spacial score (nSPS) is 10.9. The molecule has 0 heterocycles. The molecule has 0 rings (SSSR count). The summed E-state index contributed by atoms with van der Waals surface area (Å²) in [6.07, 6.45) is 0. The molecule has 0 saturated heterocycles. The second-order valence-corrected chi connectivity index (χ2v) is 5.48. The van der Waals surface area contributed by atoms with Gasteiger partial charge in [0.05, 0.1) is 0 Å². The molecule has 0 bridgehead atoms. The SMILES string of the molecule is O=S(=O)(O)OOS(=O)(=O)O.O=S(=O)([O-])O.O=S(=O)([O-])[O-].[K+].[K+].[K+]. The van der Waals surface area contributed by atoms with Crippen LogP contribution in [0.25, 0.3) is 0 Å². The van der Waals surface area contributed by atoms with Crippen molar-refractivity contribution >= 4 is 41.6 Å². The second kappa shape index (κ2) is 18.4. The van der Waals surface area contributed by atoms with Crippen molar-refractivity contribution in [1.82, 2.24) is 0 Å². The van der Waals surface area contributed by atoms with E-state index in [1.807, 2.05) is 0 Å². The molecule has 23 heavy (non-hydrogen) atoms. The van der Waals surface area contributed by atoms with E-state index in [9.17, 15) is 16.8 Å². The Bertz CT molecular complexity index is 584. The van der Waals surface area contributed by atoms with Crippen molar-refractivity contribution < 1.29 is 224 Å². The minimum absolute atomic E-state index is 0. The predicted molar refractivity (Wildman–Crippen MR) is 48.1 cm³/mol. The number of hydrogen-bond acceptors (Lipinski definition) is 13. The van der Waals surface area contributed by atoms with Gasteiger partial charge in [0.25, 0.3) is 0 Å². The number of hydrogen-bond donors (Lipinski definition) is 3. The van der Waals surface area contributed by atoms with E-state index in [4.69, 9.17) is 44.2 Å². The van der Waals surface area contributed by atoms with Crippen molar-refractivity contribution in [3.05, 3.63) is 0 Å². The van der Waals surface area contributed by atoms with E-state index in [-0.39, 0.29) is 154 Å². The van der Waals surface area contributed by atoms with Crippen LogP contribution in [0.2, 0.25) is 0 Å². The Morgan fingerprint density at radius 3 is 0.696 bits per heavy atom. The second-order valence-electron chi connectivity index (χ2n) is 1.83. The van der Waals surface area contributed by atoms with E-state index in [0.717, 1.165) is 0 Å². The summed E-state index contributed by atoms with van der Waals surface area (Å²) in [5, 5.41) is 0. The van der Waals surface area contributed by atoms with Crippen molar-refractivity contribution in [3.8, 4) is 0 Å². The molecule has 0 radical (unpaired) electrons. The molecule has 126 valence electrons. The van der Waals surface area contributed by atoms with Crippen LogP contribution in [-0.2, 0) is 50.3 Å². The van der Waals surface area contributed by atoms with Gasteiger partial charge in [0, 0.05) is 10.4 Å². The van der Waals surface area contributed by atoms with E-state index in [1.165, 1.54) is 0 Å². The minimum atomic E-state index is -5.17. The Kier molecular flexibility index (Phi) is 33.4. The summed E-state index contributed by atoms with van der Waals surface area (Å²) in [6, 6.07) is 0. The summed E-state index contributed by atoms with van der Waals surface area (Å²) in [7, 11) is -20.1. The Morgan fingerprint density at radius 1 is 0.565 bits per heavy atom. The van der Waals surface area contributed by atoms with Gasteiger partial charge in [-0.2, -0.15) is 16.8 Å². The molecule has 0 atom stereocenters. The first kappa shape index (κ1) is 41.7. The monoisotopic (exact) mass is 504 g/mol. The quantitative estimate of drug-likeness (QED) is 0.106. The topological polar surface area (TPSA) is 285 Å². The van der Waals surface area contributed by atoms with Gasteiger partial charge in [-0.25, -0.2) is 8.42 Å². The Hall–Kier alpha value is 4.39. The van der Waals surface area contributed by atoms with Crippen LogP contribution in [0.4, 0.5) is 0 Å². The third-order valence-corrected chi connectivity index (χ3v) is 0.766. The van der Waals surface area contributed by atoms with E-state index >= 15 is 0 Å². The zero-order valence-corrected chi connectivity index (χ0v) is 23.9. The Balaban J connectivity index is -0.0000000483. The molecular formula is H3K3O16S4. The average Bonchev–Trinajstić information content (AvgIpc) is 1.90. The summed E-state index contributed by atoms with van der Waals surface area (Å²) in [5.41, 5.74) is 0. The molecule has 23 heteroatoms. The zero-order chi connectivity index (χ0) is 17.4. The smallest absolute Gasteiger partial charge is 0.759 e. The van der Waals surface area contributed by atoms with Gasteiger partial charge in [-0.3, -0.25) is 22.1 Å². The zero-order valence-electron chi connectivity index (χ0n) is 11.3. The van der Waals surface area contributed by atoms with Crippen LogP contribution < -0.4 is 154 Å². The molecule has 0 aromatic carbocycles. The molecule has 0 saturated carbocycles. The molecule has 0 aromatic heterocycles. The summed E-state index contributed by atoms with van der Waals surface area (Å²) < 4.78 is 126. The van der Waals surface area contributed by atoms with Crippen LogP contribution in [0, 0.1) is 0 Å². The van der Waals surface area contributed by atoms with E-state index in [1.54, 1.807) is 0 Å². The van der Waals surface area contributed by atoms with Crippen LogP contribution in [0.15, 0.2) is 0 Å². The van der Waals surface area contributed by atoms with Crippen LogP contribution in [-0.4, -0.2) is 61.0 Å². The summed E-state index contributed by atoms with van der Waals surface area (Å²) in [4.78, 5) is 0. The molecule has 0 spiro atoms. The van der Waals surface area contributed by atoms with Gasteiger partial charge in [0.15, 0.2) is 0 Å². The summed E-state index contributed by atoms with van der Waals surface area (Å²) >= 11 is 0. The molecule has 0 fully saturated rings. The largest absolute Gasteiger partial charge is 1.00 e. The van der Waals surface area contributed by atoms with Crippen LogP contribution >= 0.6 is 0 Å². The van der Waals surface area contributed by atoms with Gasteiger partial charge < -0.3 is 13.7 Å². The van der Waals surface area contributed by atoms with Gasteiger partial charge in [-0.15, -0.1) is 0 Å². The van der Waals surface area contributed by atoms with Gasteiger partial charge in [-0.1, -0.05) is 8.67 Å². The van der Waals surface area contributed by atoms with Gasteiger partial charge in [0.2, 0.25) is 10.4 Å². The van der Waals surface area contributed by atoms with Crippen molar-refractivity contribution in [2.45, 2.75) is 0 Å². The van der Waals surface area contributed by atoms with Crippen molar-refractivity contribution in [3.63, 3.8) is 0 Å². The average molecular weight is 505 g/mol. The van der Waals surface area contributed by atoms with Gasteiger partial charge >= 0.3 is 175 Å². The minimum Gasteiger partial charge on any atom is -0.759 e. The molecule has 0 amide bonds. The van der Waals surface area contributed by atoms with Crippen molar-refractivity contribution in [2.24, 2.45) is 0 Å². The maximum atomic E-state index is 9.51. The molecule has 0 aromatic rings. The van der Waals surface area contributed by atoms with E-state index in [0.29, 0.717) is 0 Å². The Morgan fingerprint density at radius 2 is 0.652 bits per heavy atom. The van der Waals surface area contributed by atoms with Crippen LogP contribution in [0.5, 0.6) is 0 Å². The van der Waals surface area contributed by atoms with E-state index < -0.39 is 41.6 Å². The molecule has 3 N–H and O–H groups in total. The van der Waals surface area contributed by atoms with E-state index in [2.05, 4.69) is 8.67 Å². The maximum Gasteiger partial charge on any atom is 1.00 e. The number of rotatable bonds is 3. The maximum absolute atomic E-state index is 9.51. The first-order valence-corrected chi connectivity index (χ1v) is 8.31. The van der Waals surface area contributed by atoms with Gasteiger partial charge in [-0.05, 0) is 0 Å². The summed E-state index contributed by atoms with van der Waals surface area (Å²) in [6.45, 7) is 0. The fourth-order valence-corrected chi connectivity index (χ4v) is 0.632. The molecule has 0 aliphatic heterocycles. The molecule has 0 aliphatic carbocycles. The molecule has 0 unspecified atom stereocenters. The third kappa shape index (κ3) is 121. The first-order valence-electron chi connectivity index (χ1n) is 2.88. The van der Waals surface area contributed by atoms with Crippen LogP contribution in [0.3, 0.4) is 0 Å². The summed E-state index contributed by atoms with van der Waals surface area (Å²) in [5.74, 6) is 0. The van der Waals surface area contributed by atoms with Crippen molar-refractivity contribution in [2.75, 3.05) is 0 Å². The predicted octanol–water partition coefficient (Wildman–Crippen LogP) is -12.8. The Labute approximate surface area is 258 Å². The first-order chi connectivity index (χ1) is 8.21. The fraction of sp³-hybridized carbons (Fsp3) is 0. The molecular weight excluding hydrogens is 502 g/mol.